The number of rotatable bonds is 3. The van der Waals surface area contributed by atoms with Crippen LogP contribution in [0.25, 0.3) is 0 Å². The Labute approximate surface area is 162 Å². The lowest BCUT2D eigenvalue weighted by atomic mass is 10.2. The summed E-state index contributed by atoms with van der Waals surface area (Å²) in [6, 6.07) is 7.79. The molecule has 0 unspecified atom stereocenters. The molecule has 1 aromatic carbocycles. The van der Waals surface area contributed by atoms with Crippen molar-refractivity contribution in [3.63, 3.8) is 0 Å². The van der Waals surface area contributed by atoms with Crippen LogP contribution in [0, 0.1) is 0 Å². The maximum absolute atomic E-state index is 12.4. The number of halogens is 3. The molecule has 0 bridgehead atoms. The Hall–Kier alpha value is -1.05. The van der Waals surface area contributed by atoms with Crippen molar-refractivity contribution in [1.82, 2.24) is 9.88 Å². The van der Waals surface area contributed by atoms with Gasteiger partial charge in [0.05, 0.1) is 0 Å². The zero-order valence-electron chi connectivity index (χ0n) is 12.9. The van der Waals surface area contributed by atoms with Crippen LogP contribution in [0.2, 0.25) is 5.02 Å². The van der Waals surface area contributed by atoms with Gasteiger partial charge in [0, 0.05) is 48.8 Å². The number of carbonyl (C=O) groups excluding carboxylic acids is 1. The van der Waals surface area contributed by atoms with E-state index in [0.29, 0.717) is 25.3 Å². The van der Waals surface area contributed by atoms with Gasteiger partial charge in [-0.25, -0.2) is 4.98 Å². The van der Waals surface area contributed by atoms with Crippen LogP contribution in [0.5, 0.6) is 0 Å². The van der Waals surface area contributed by atoms with Gasteiger partial charge >= 0.3 is 0 Å². The molecule has 0 radical (unpaired) electrons. The second-order valence-electron chi connectivity index (χ2n) is 5.09. The Balaban J connectivity index is 0.00000144. The molecular formula is C15H19Cl3N4OS. The molecule has 132 valence electrons. The lowest BCUT2D eigenvalue weighted by Gasteiger charge is -2.35. The minimum absolute atomic E-state index is 0. The second-order valence-corrected chi connectivity index (χ2v) is 6.47. The van der Waals surface area contributed by atoms with Gasteiger partial charge in [0.25, 0.3) is 5.91 Å². The van der Waals surface area contributed by atoms with Crippen molar-refractivity contribution in [2.45, 2.75) is 6.54 Å². The van der Waals surface area contributed by atoms with Crippen molar-refractivity contribution in [3.05, 3.63) is 45.4 Å². The van der Waals surface area contributed by atoms with Crippen molar-refractivity contribution in [2.75, 3.05) is 31.1 Å². The van der Waals surface area contributed by atoms with Gasteiger partial charge in [0.1, 0.15) is 10.7 Å². The molecule has 1 saturated heterocycles. The molecule has 1 amide bonds. The third-order valence-electron chi connectivity index (χ3n) is 3.70. The summed E-state index contributed by atoms with van der Waals surface area (Å²) in [6.07, 6.45) is 0. The topological polar surface area (TPSA) is 62.5 Å². The summed E-state index contributed by atoms with van der Waals surface area (Å²) in [6.45, 7) is 3.37. The summed E-state index contributed by atoms with van der Waals surface area (Å²) >= 11 is 7.34. The van der Waals surface area contributed by atoms with Crippen LogP contribution in [0.4, 0.5) is 5.69 Å². The summed E-state index contributed by atoms with van der Waals surface area (Å²) < 4.78 is 0. The van der Waals surface area contributed by atoms with Crippen LogP contribution < -0.4 is 10.6 Å². The highest BCUT2D eigenvalue weighted by Crippen LogP contribution is 2.20. The van der Waals surface area contributed by atoms with Crippen LogP contribution in [0.1, 0.15) is 15.5 Å². The molecule has 0 spiro atoms. The molecule has 0 saturated carbocycles. The van der Waals surface area contributed by atoms with E-state index in [1.165, 1.54) is 11.3 Å². The summed E-state index contributed by atoms with van der Waals surface area (Å²) in [5.41, 5.74) is 7.18. The molecule has 1 aromatic heterocycles. The van der Waals surface area contributed by atoms with E-state index in [2.05, 4.69) is 9.88 Å². The van der Waals surface area contributed by atoms with Crippen molar-refractivity contribution in [1.29, 1.82) is 0 Å². The Morgan fingerprint density at radius 2 is 1.79 bits per heavy atom. The highest BCUT2D eigenvalue weighted by atomic mass is 35.5. The Morgan fingerprint density at radius 3 is 2.33 bits per heavy atom. The van der Waals surface area contributed by atoms with Gasteiger partial charge in [0.15, 0.2) is 0 Å². The molecular weight excluding hydrogens is 391 g/mol. The van der Waals surface area contributed by atoms with Gasteiger partial charge in [-0.05, 0) is 24.3 Å². The maximum Gasteiger partial charge on any atom is 0.273 e. The molecule has 0 aliphatic carbocycles. The van der Waals surface area contributed by atoms with Gasteiger partial charge in [-0.15, -0.1) is 36.2 Å². The number of aromatic nitrogens is 1. The van der Waals surface area contributed by atoms with E-state index in [-0.39, 0.29) is 30.7 Å². The second kappa shape index (κ2) is 9.44. The number of benzene rings is 1. The van der Waals surface area contributed by atoms with Crippen LogP contribution in [0.15, 0.2) is 29.6 Å². The van der Waals surface area contributed by atoms with Crippen molar-refractivity contribution in [2.24, 2.45) is 5.73 Å². The van der Waals surface area contributed by atoms with Crippen LogP contribution in [-0.2, 0) is 6.54 Å². The average Bonchev–Trinajstić information content (AvgIpc) is 3.04. The van der Waals surface area contributed by atoms with Crippen LogP contribution >= 0.6 is 47.8 Å². The van der Waals surface area contributed by atoms with Crippen LogP contribution in [-0.4, -0.2) is 42.0 Å². The zero-order valence-corrected chi connectivity index (χ0v) is 16.1. The lowest BCUT2D eigenvalue weighted by Crippen LogP contribution is -2.48. The highest BCUT2D eigenvalue weighted by Gasteiger charge is 2.23. The molecule has 2 N–H and O–H groups in total. The van der Waals surface area contributed by atoms with Gasteiger partial charge in [-0.2, -0.15) is 0 Å². The molecule has 1 aliphatic heterocycles. The Morgan fingerprint density at radius 1 is 1.17 bits per heavy atom. The molecule has 24 heavy (non-hydrogen) atoms. The van der Waals surface area contributed by atoms with Gasteiger partial charge < -0.3 is 15.5 Å². The normalized spacial score (nSPS) is 13.9. The smallest absolute Gasteiger partial charge is 0.273 e. The first-order valence-electron chi connectivity index (χ1n) is 7.11. The fraction of sp³-hybridized carbons (Fsp3) is 0.333. The largest absolute Gasteiger partial charge is 0.368 e. The monoisotopic (exact) mass is 408 g/mol. The molecule has 2 aromatic rings. The Bertz CT molecular complexity index is 657. The lowest BCUT2D eigenvalue weighted by molar-refractivity contribution is 0.0741. The van der Waals surface area contributed by atoms with E-state index in [0.717, 1.165) is 28.8 Å². The van der Waals surface area contributed by atoms with Gasteiger partial charge in [-0.1, -0.05) is 11.6 Å². The fourth-order valence-corrected chi connectivity index (χ4v) is 3.26. The number of nitrogens with zero attached hydrogens (tertiary/aromatic N) is 3. The number of hydrogen-bond donors (Lipinski definition) is 1. The van der Waals surface area contributed by atoms with Gasteiger partial charge in [-0.3, -0.25) is 4.79 Å². The van der Waals surface area contributed by atoms with E-state index in [1.54, 1.807) is 5.38 Å². The highest BCUT2D eigenvalue weighted by molar-refractivity contribution is 7.09. The molecule has 0 atom stereocenters. The predicted molar refractivity (Wildman–Crippen MR) is 104 cm³/mol. The minimum Gasteiger partial charge on any atom is -0.368 e. The van der Waals surface area contributed by atoms with E-state index in [4.69, 9.17) is 17.3 Å². The number of nitrogens with two attached hydrogens (primary N) is 1. The summed E-state index contributed by atoms with van der Waals surface area (Å²) in [7, 11) is 0. The standard InChI is InChI=1S/C15H17ClN4OS.2ClH/c16-11-1-3-12(4-2-11)19-5-7-20(8-6-19)15(21)13-10-22-14(9-17)18-13;;/h1-4,10H,5-9,17H2;2*1H. The first-order valence-corrected chi connectivity index (χ1v) is 8.37. The number of amides is 1. The SMILES string of the molecule is Cl.Cl.NCc1nc(C(=O)N2CCN(c3ccc(Cl)cc3)CC2)cs1. The van der Waals surface area contributed by atoms with E-state index in [1.807, 2.05) is 29.2 Å². The predicted octanol–water partition coefficient (Wildman–Crippen LogP) is 3.06. The van der Waals surface area contributed by atoms with Crippen LogP contribution in [0.3, 0.4) is 0 Å². The summed E-state index contributed by atoms with van der Waals surface area (Å²) in [5, 5.41) is 3.32. The molecule has 5 nitrogen and oxygen atoms in total. The summed E-state index contributed by atoms with van der Waals surface area (Å²) in [5.74, 6) is -0.00768. The third-order valence-corrected chi connectivity index (χ3v) is 4.83. The molecule has 2 heterocycles. The number of hydrogen-bond acceptors (Lipinski definition) is 5. The molecule has 1 aliphatic rings. The molecule has 1 fully saturated rings. The van der Waals surface area contributed by atoms with Crippen molar-refractivity contribution >= 4 is 59.3 Å². The summed E-state index contributed by atoms with van der Waals surface area (Å²) in [4.78, 5) is 20.8. The zero-order chi connectivity index (χ0) is 15.5. The van der Waals surface area contributed by atoms with Gasteiger partial charge in [0.2, 0.25) is 0 Å². The number of carbonyl (C=O) groups is 1. The number of piperazine rings is 1. The number of thiazole rings is 1. The average molecular weight is 410 g/mol. The van der Waals surface area contributed by atoms with E-state index in [9.17, 15) is 4.79 Å². The first-order chi connectivity index (χ1) is 10.7. The maximum atomic E-state index is 12.4. The molecule has 9 heteroatoms. The van der Waals surface area contributed by atoms with Crippen molar-refractivity contribution < 1.29 is 4.79 Å². The fourth-order valence-electron chi connectivity index (χ4n) is 2.48. The molecule has 3 rings (SSSR count). The quantitative estimate of drug-likeness (QED) is 0.846. The minimum atomic E-state index is -0.00768. The number of anilines is 1. The van der Waals surface area contributed by atoms with E-state index < -0.39 is 0 Å². The Kier molecular flexibility index (Phi) is 8.26. The van der Waals surface area contributed by atoms with Crippen molar-refractivity contribution in [3.8, 4) is 0 Å². The first kappa shape index (κ1) is 21.0. The third kappa shape index (κ3) is 4.74. The van der Waals surface area contributed by atoms with E-state index >= 15 is 0 Å².